The van der Waals surface area contributed by atoms with E-state index in [1.54, 1.807) is 12.1 Å². The third-order valence-corrected chi connectivity index (χ3v) is 4.25. The SMILES string of the molecule is COc1nc(Cl)ccc1C1(NC(=O)c2cc(C(F)(F)F)nn2C)CC1. The van der Waals surface area contributed by atoms with Gasteiger partial charge in [-0.05, 0) is 25.0 Å². The van der Waals surface area contributed by atoms with Gasteiger partial charge in [0, 0.05) is 18.7 Å². The van der Waals surface area contributed by atoms with Crippen molar-refractivity contribution in [3.8, 4) is 5.88 Å². The van der Waals surface area contributed by atoms with Crippen LogP contribution in [0.1, 0.15) is 34.6 Å². The molecule has 1 saturated carbocycles. The molecule has 0 aliphatic heterocycles. The first kappa shape index (κ1) is 17.5. The van der Waals surface area contributed by atoms with E-state index in [0.717, 1.165) is 10.7 Å². The van der Waals surface area contributed by atoms with Gasteiger partial charge >= 0.3 is 6.18 Å². The smallest absolute Gasteiger partial charge is 0.435 e. The van der Waals surface area contributed by atoms with Crippen LogP contribution in [0.15, 0.2) is 18.2 Å². The maximum Gasteiger partial charge on any atom is 0.435 e. The minimum Gasteiger partial charge on any atom is -0.481 e. The first-order valence-electron chi connectivity index (χ1n) is 7.31. The molecule has 0 bridgehead atoms. The van der Waals surface area contributed by atoms with Gasteiger partial charge in [0.25, 0.3) is 5.91 Å². The van der Waals surface area contributed by atoms with Gasteiger partial charge in [0.05, 0.1) is 12.6 Å². The Bertz CT molecular complexity index is 831. The molecule has 0 aromatic carbocycles. The van der Waals surface area contributed by atoms with Crippen LogP contribution in [0.2, 0.25) is 5.15 Å². The Kier molecular flexibility index (Phi) is 4.14. The van der Waals surface area contributed by atoms with Gasteiger partial charge in [-0.2, -0.15) is 18.3 Å². The summed E-state index contributed by atoms with van der Waals surface area (Å²) in [6.07, 6.45) is -3.39. The average Bonchev–Trinajstić information content (AvgIpc) is 3.18. The number of pyridine rings is 1. The number of aromatic nitrogens is 3. The number of ether oxygens (including phenoxy) is 1. The lowest BCUT2D eigenvalue weighted by atomic mass is 10.1. The minimum atomic E-state index is -4.61. The Balaban J connectivity index is 1.88. The van der Waals surface area contributed by atoms with Crippen molar-refractivity contribution < 1.29 is 22.7 Å². The second-order valence-electron chi connectivity index (χ2n) is 5.76. The molecule has 3 rings (SSSR count). The fraction of sp³-hybridized carbons (Fsp3) is 0.400. The molecule has 134 valence electrons. The van der Waals surface area contributed by atoms with Crippen molar-refractivity contribution in [1.82, 2.24) is 20.1 Å². The van der Waals surface area contributed by atoms with E-state index < -0.39 is 23.3 Å². The third-order valence-electron chi connectivity index (χ3n) is 4.04. The van der Waals surface area contributed by atoms with E-state index in [1.807, 2.05) is 0 Å². The number of methoxy groups -OCH3 is 1. The summed E-state index contributed by atoms with van der Waals surface area (Å²) in [6, 6.07) is 3.98. The van der Waals surface area contributed by atoms with Crippen molar-refractivity contribution in [2.45, 2.75) is 24.6 Å². The zero-order valence-electron chi connectivity index (χ0n) is 13.3. The third kappa shape index (κ3) is 3.28. The van der Waals surface area contributed by atoms with Crippen molar-refractivity contribution in [3.63, 3.8) is 0 Å². The molecule has 0 unspecified atom stereocenters. The lowest BCUT2D eigenvalue weighted by Crippen LogP contribution is -2.36. The van der Waals surface area contributed by atoms with Gasteiger partial charge in [0.1, 0.15) is 10.8 Å². The first-order chi connectivity index (χ1) is 11.7. The standard InChI is InChI=1S/C15H14ClF3N4O2/c1-23-9(7-10(22-23)15(17,18)19)12(24)21-14(5-6-14)8-3-4-11(16)20-13(8)25-2/h3-4,7H,5-6H2,1-2H3,(H,21,24). The second-order valence-corrected chi connectivity index (χ2v) is 6.15. The van der Waals surface area contributed by atoms with E-state index in [9.17, 15) is 18.0 Å². The summed E-state index contributed by atoms with van der Waals surface area (Å²) in [5.41, 5.74) is -1.40. The summed E-state index contributed by atoms with van der Waals surface area (Å²) in [6.45, 7) is 0. The monoisotopic (exact) mass is 374 g/mol. The van der Waals surface area contributed by atoms with Gasteiger partial charge in [-0.25, -0.2) is 4.98 Å². The number of nitrogens with zero attached hydrogens (tertiary/aromatic N) is 3. The van der Waals surface area contributed by atoms with Gasteiger partial charge in [-0.1, -0.05) is 11.6 Å². The number of hydrogen-bond donors (Lipinski definition) is 1. The van der Waals surface area contributed by atoms with E-state index in [4.69, 9.17) is 16.3 Å². The Labute approximate surface area is 145 Å². The van der Waals surface area contributed by atoms with Crippen LogP contribution >= 0.6 is 11.6 Å². The molecule has 1 aliphatic rings. The fourth-order valence-corrected chi connectivity index (χ4v) is 2.76. The molecule has 0 spiro atoms. The summed E-state index contributed by atoms with van der Waals surface area (Å²) in [4.78, 5) is 16.5. The number of rotatable bonds is 4. The molecule has 1 N–H and O–H groups in total. The highest BCUT2D eigenvalue weighted by molar-refractivity contribution is 6.29. The lowest BCUT2D eigenvalue weighted by molar-refractivity contribution is -0.141. The Morgan fingerprint density at radius 2 is 2.08 bits per heavy atom. The number of nitrogens with one attached hydrogen (secondary N) is 1. The summed E-state index contributed by atoms with van der Waals surface area (Å²) < 4.78 is 44.4. The van der Waals surface area contributed by atoms with Gasteiger partial charge in [-0.15, -0.1) is 0 Å². The Hall–Kier alpha value is -2.29. The van der Waals surface area contributed by atoms with Gasteiger partial charge in [0.15, 0.2) is 5.69 Å². The van der Waals surface area contributed by atoms with Crippen LogP contribution in [0.5, 0.6) is 5.88 Å². The van der Waals surface area contributed by atoms with E-state index in [-0.39, 0.29) is 16.7 Å². The second kappa shape index (κ2) is 5.91. The van der Waals surface area contributed by atoms with Crippen LogP contribution in [0.4, 0.5) is 13.2 Å². The zero-order valence-corrected chi connectivity index (χ0v) is 14.1. The Morgan fingerprint density at radius 1 is 1.40 bits per heavy atom. The van der Waals surface area contributed by atoms with Crippen molar-refractivity contribution in [1.29, 1.82) is 0 Å². The van der Waals surface area contributed by atoms with Crippen molar-refractivity contribution in [2.75, 3.05) is 7.11 Å². The number of alkyl halides is 3. The Morgan fingerprint density at radius 3 is 2.60 bits per heavy atom. The predicted octanol–water partition coefficient (Wildman–Crippen LogP) is 2.92. The van der Waals surface area contributed by atoms with Gasteiger partial charge < -0.3 is 10.1 Å². The van der Waals surface area contributed by atoms with Crippen LogP contribution in [0.3, 0.4) is 0 Å². The quantitative estimate of drug-likeness (QED) is 0.835. The summed E-state index contributed by atoms with van der Waals surface area (Å²) >= 11 is 5.84. The van der Waals surface area contributed by atoms with Crippen LogP contribution in [0, 0.1) is 0 Å². The summed E-state index contributed by atoms with van der Waals surface area (Å²) in [7, 11) is 2.71. The number of carbonyl (C=O) groups is 1. The average molecular weight is 375 g/mol. The molecule has 0 saturated heterocycles. The summed E-state index contributed by atoms with van der Waals surface area (Å²) in [5.74, 6) is -0.383. The normalized spacial score (nSPS) is 15.8. The molecule has 1 aliphatic carbocycles. The van der Waals surface area contributed by atoms with Gasteiger partial charge in [-0.3, -0.25) is 9.48 Å². The largest absolute Gasteiger partial charge is 0.481 e. The van der Waals surface area contributed by atoms with Crippen molar-refractivity contribution >= 4 is 17.5 Å². The van der Waals surface area contributed by atoms with Crippen molar-refractivity contribution in [3.05, 3.63) is 40.3 Å². The fourth-order valence-electron chi connectivity index (χ4n) is 2.62. The molecule has 2 aromatic rings. The van der Waals surface area contributed by atoms with Crippen LogP contribution in [-0.2, 0) is 18.8 Å². The van der Waals surface area contributed by atoms with E-state index in [2.05, 4.69) is 15.4 Å². The maximum atomic E-state index is 12.8. The highest BCUT2D eigenvalue weighted by Gasteiger charge is 2.48. The van der Waals surface area contributed by atoms with Crippen LogP contribution < -0.4 is 10.1 Å². The van der Waals surface area contributed by atoms with Crippen molar-refractivity contribution in [2.24, 2.45) is 7.05 Å². The molecule has 0 atom stereocenters. The molecule has 1 fully saturated rings. The highest BCUT2D eigenvalue weighted by Crippen LogP contribution is 2.48. The zero-order chi connectivity index (χ0) is 18.4. The number of halogens is 4. The molecule has 25 heavy (non-hydrogen) atoms. The topological polar surface area (TPSA) is 69.0 Å². The number of hydrogen-bond acceptors (Lipinski definition) is 4. The number of carbonyl (C=O) groups excluding carboxylic acids is 1. The molecule has 2 aromatic heterocycles. The molecule has 1 amide bonds. The molecular formula is C15H14ClF3N4O2. The summed E-state index contributed by atoms with van der Waals surface area (Å²) in [5, 5.41) is 6.36. The number of amides is 1. The maximum absolute atomic E-state index is 12.8. The highest BCUT2D eigenvalue weighted by atomic mass is 35.5. The molecule has 0 radical (unpaired) electrons. The van der Waals surface area contributed by atoms with E-state index in [0.29, 0.717) is 18.4 Å². The van der Waals surface area contributed by atoms with E-state index >= 15 is 0 Å². The molecular weight excluding hydrogens is 361 g/mol. The molecule has 10 heteroatoms. The predicted molar refractivity (Wildman–Crippen MR) is 82.4 cm³/mol. The lowest BCUT2D eigenvalue weighted by Gasteiger charge is -2.20. The first-order valence-corrected chi connectivity index (χ1v) is 7.69. The van der Waals surface area contributed by atoms with E-state index in [1.165, 1.54) is 14.2 Å². The van der Waals surface area contributed by atoms with Crippen LogP contribution in [0.25, 0.3) is 0 Å². The number of aryl methyl sites for hydroxylation is 1. The minimum absolute atomic E-state index is 0.181. The van der Waals surface area contributed by atoms with Gasteiger partial charge in [0.2, 0.25) is 5.88 Å². The van der Waals surface area contributed by atoms with Crippen LogP contribution in [-0.4, -0.2) is 27.8 Å². The molecule has 2 heterocycles. The molecule has 6 nitrogen and oxygen atoms in total.